The van der Waals surface area contributed by atoms with E-state index < -0.39 is 0 Å². The summed E-state index contributed by atoms with van der Waals surface area (Å²) in [7, 11) is 0. The van der Waals surface area contributed by atoms with Crippen LogP contribution in [-0.4, -0.2) is 22.5 Å². The minimum atomic E-state index is -0.318. The fourth-order valence-corrected chi connectivity index (χ4v) is 7.10. The number of aromatic nitrogens is 2. The molecule has 2 aliphatic rings. The molecule has 6 rings (SSSR count). The summed E-state index contributed by atoms with van der Waals surface area (Å²) in [5.74, 6) is 0.0796. The summed E-state index contributed by atoms with van der Waals surface area (Å²) in [5.41, 5.74) is 3.22. The standard InChI is InChI=1S/C26H23N3O3S2/c30-23(13-14-29-17-8-2-5-11-20(17)33-21-12-6-3-9-18(21)29)32-15-22-27-25(31)24-16-7-1-4-10-19(16)34-26(24)28-22/h2-3,5-6,8-9,11-12H,1,4,7,10,13-15H2,(H,27,28,31). The van der Waals surface area contributed by atoms with Crippen molar-refractivity contribution in [3.05, 3.63) is 75.1 Å². The molecule has 6 nitrogen and oxygen atoms in total. The van der Waals surface area contributed by atoms with Gasteiger partial charge < -0.3 is 14.6 Å². The average molecular weight is 490 g/mol. The number of anilines is 2. The second kappa shape index (κ2) is 8.92. The van der Waals surface area contributed by atoms with Crippen molar-refractivity contribution in [2.75, 3.05) is 11.4 Å². The van der Waals surface area contributed by atoms with E-state index in [4.69, 9.17) is 4.74 Å². The molecule has 0 saturated carbocycles. The second-order valence-corrected chi connectivity index (χ2v) is 10.7. The Bertz CT molecular complexity index is 1410. The van der Waals surface area contributed by atoms with Crippen molar-refractivity contribution in [2.45, 2.75) is 48.5 Å². The van der Waals surface area contributed by atoms with Gasteiger partial charge in [-0.3, -0.25) is 9.59 Å². The zero-order valence-corrected chi connectivity index (χ0v) is 20.1. The molecule has 0 atom stereocenters. The SMILES string of the molecule is O=C(CCN1c2ccccc2Sc2ccccc21)OCc1nc2sc3c(c2c(=O)[nH]1)CCCC3. The lowest BCUT2D eigenvalue weighted by atomic mass is 9.97. The van der Waals surface area contributed by atoms with Crippen LogP contribution in [0.5, 0.6) is 0 Å². The summed E-state index contributed by atoms with van der Waals surface area (Å²) in [4.78, 5) is 39.3. The first-order valence-corrected chi connectivity index (χ1v) is 13.1. The monoisotopic (exact) mass is 489 g/mol. The van der Waals surface area contributed by atoms with Crippen molar-refractivity contribution >= 4 is 50.7 Å². The van der Waals surface area contributed by atoms with E-state index >= 15 is 0 Å². The highest BCUT2D eigenvalue weighted by molar-refractivity contribution is 7.99. The fraction of sp³-hybridized carbons (Fsp3) is 0.269. The molecule has 0 unspecified atom stereocenters. The maximum absolute atomic E-state index is 12.7. The molecule has 1 aliphatic heterocycles. The van der Waals surface area contributed by atoms with Crippen LogP contribution in [0, 0.1) is 0 Å². The number of ether oxygens (including phenoxy) is 1. The van der Waals surface area contributed by atoms with Crippen LogP contribution in [0.15, 0.2) is 63.1 Å². The van der Waals surface area contributed by atoms with Gasteiger partial charge in [-0.15, -0.1) is 11.3 Å². The number of para-hydroxylation sites is 2. The van der Waals surface area contributed by atoms with Crippen LogP contribution in [0.3, 0.4) is 0 Å². The highest BCUT2D eigenvalue weighted by Gasteiger charge is 2.24. The minimum Gasteiger partial charge on any atom is -0.457 e. The average Bonchev–Trinajstić information content (AvgIpc) is 3.24. The number of hydrogen-bond acceptors (Lipinski definition) is 7. The maximum atomic E-state index is 12.7. The van der Waals surface area contributed by atoms with Gasteiger partial charge in [-0.1, -0.05) is 36.0 Å². The Morgan fingerprint density at radius 3 is 2.50 bits per heavy atom. The number of thiophene rings is 1. The van der Waals surface area contributed by atoms with E-state index in [-0.39, 0.29) is 24.6 Å². The summed E-state index contributed by atoms with van der Waals surface area (Å²) in [5, 5.41) is 0.718. The molecule has 1 N–H and O–H groups in total. The highest BCUT2D eigenvalue weighted by atomic mass is 32.2. The van der Waals surface area contributed by atoms with Crippen LogP contribution < -0.4 is 10.5 Å². The molecule has 2 aromatic heterocycles. The molecular formula is C26H23N3O3S2. The molecule has 172 valence electrons. The second-order valence-electron chi connectivity index (χ2n) is 8.50. The Labute approximate surface area is 205 Å². The molecule has 0 amide bonds. The summed E-state index contributed by atoms with van der Waals surface area (Å²) >= 11 is 3.34. The van der Waals surface area contributed by atoms with Crippen LogP contribution in [0.25, 0.3) is 10.2 Å². The summed E-state index contributed by atoms with van der Waals surface area (Å²) in [6.45, 7) is 0.476. The van der Waals surface area contributed by atoms with Gasteiger partial charge in [0, 0.05) is 21.2 Å². The van der Waals surface area contributed by atoms with Gasteiger partial charge in [0.25, 0.3) is 5.56 Å². The highest BCUT2D eigenvalue weighted by Crippen LogP contribution is 2.47. The summed E-state index contributed by atoms with van der Waals surface area (Å²) in [6, 6.07) is 16.4. The maximum Gasteiger partial charge on any atom is 0.308 e. The predicted molar refractivity (Wildman–Crippen MR) is 135 cm³/mol. The topological polar surface area (TPSA) is 75.3 Å². The first-order chi connectivity index (χ1) is 16.7. The molecule has 0 fully saturated rings. The number of nitrogens with zero attached hydrogens (tertiary/aromatic N) is 2. The molecule has 0 spiro atoms. The Balaban J connectivity index is 1.15. The minimum absolute atomic E-state index is 0.0321. The molecule has 0 bridgehead atoms. The van der Waals surface area contributed by atoms with Gasteiger partial charge in [0.05, 0.1) is 23.2 Å². The third-order valence-electron chi connectivity index (χ3n) is 6.32. The fourth-order valence-electron chi connectivity index (χ4n) is 4.72. The van der Waals surface area contributed by atoms with Crippen LogP contribution >= 0.6 is 23.1 Å². The largest absolute Gasteiger partial charge is 0.457 e. The van der Waals surface area contributed by atoms with E-state index in [1.165, 1.54) is 14.7 Å². The van der Waals surface area contributed by atoms with Crippen molar-refractivity contribution in [3.8, 4) is 0 Å². The van der Waals surface area contributed by atoms with Crippen LogP contribution in [0.1, 0.15) is 35.5 Å². The third kappa shape index (κ3) is 3.91. The van der Waals surface area contributed by atoms with Gasteiger partial charge in [-0.2, -0.15) is 0 Å². The lowest BCUT2D eigenvalue weighted by Crippen LogP contribution is -2.24. The van der Waals surface area contributed by atoms with Crippen molar-refractivity contribution in [2.24, 2.45) is 0 Å². The first-order valence-electron chi connectivity index (χ1n) is 11.5. The smallest absolute Gasteiger partial charge is 0.308 e. The van der Waals surface area contributed by atoms with Crippen molar-refractivity contribution in [1.82, 2.24) is 9.97 Å². The Morgan fingerprint density at radius 2 is 1.74 bits per heavy atom. The van der Waals surface area contributed by atoms with Crippen molar-refractivity contribution in [3.63, 3.8) is 0 Å². The van der Waals surface area contributed by atoms with E-state index in [1.807, 2.05) is 24.3 Å². The molecule has 0 saturated heterocycles. The molecule has 1 aliphatic carbocycles. The number of carbonyl (C=O) groups excluding carboxylic acids is 1. The number of benzene rings is 2. The van der Waals surface area contributed by atoms with Crippen LogP contribution in [0.2, 0.25) is 0 Å². The zero-order chi connectivity index (χ0) is 23.1. The molecule has 8 heteroatoms. The van der Waals surface area contributed by atoms with Gasteiger partial charge in [-0.05, 0) is 55.5 Å². The molecule has 4 aromatic rings. The van der Waals surface area contributed by atoms with Crippen LogP contribution in [-0.2, 0) is 29.0 Å². The molecule has 0 radical (unpaired) electrons. The van der Waals surface area contributed by atoms with Gasteiger partial charge >= 0.3 is 5.97 Å². The number of carbonyl (C=O) groups is 1. The molecule has 34 heavy (non-hydrogen) atoms. The quantitative estimate of drug-likeness (QED) is 0.368. The Kier molecular flexibility index (Phi) is 5.63. The zero-order valence-electron chi connectivity index (χ0n) is 18.5. The molecule has 2 aromatic carbocycles. The van der Waals surface area contributed by atoms with Gasteiger partial charge in [0.1, 0.15) is 17.3 Å². The number of esters is 1. The predicted octanol–water partition coefficient (Wildman–Crippen LogP) is 5.60. The Morgan fingerprint density at radius 1 is 1.03 bits per heavy atom. The number of H-pyrrole nitrogens is 1. The van der Waals surface area contributed by atoms with E-state index in [0.717, 1.165) is 52.8 Å². The Hall–Kier alpha value is -3.10. The number of hydrogen-bond donors (Lipinski definition) is 1. The van der Waals surface area contributed by atoms with Crippen molar-refractivity contribution < 1.29 is 9.53 Å². The van der Waals surface area contributed by atoms with Gasteiger partial charge in [0.2, 0.25) is 0 Å². The number of aromatic amines is 1. The van der Waals surface area contributed by atoms with Crippen LogP contribution in [0.4, 0.5) is 11.4 Å². The number of aryl methyl sites for hydroxylation is 2. The number of nitrogens with one attached hydrogen (secondary N) is 1. The third-order valence-corrected chi connectivity index (χ3v) is 8.63. The van der Waals surface area contributed by atoms with Gasteiger partial charge in [0.15, 0.2) is 0 Å². The van der Waals surface area contributed by atoms with E-state index in [9.17, 15) is 9.59 Å². The summed E-state index contributed by atoms with van der Waals surface area (Å²) in [6.07, 6.45) is 4.46. The van der Waals surface area contributed by atoms with Crippen molar-refractivity contribution in [1.29, 1.82) is 0 Å². The number of rotatable bonds is 5. The molecule has 3 heterocycles. The molecular weight excluding hydrogens is 466 g/mol. The first kappa shape index (κ1) is 21.4. The van der Waals surface area contributed by atoms with E-state index in [0.29, 0.717) is 12.4 Å². The van der Waals surface area contributed by atoms with Gasteiger partial charge in [-0.25, -0.2) is 4.98 Å². The normalized spacial score (nSPS) is 14.4. The van der Waals surface area contributed by atoms with E-state index in [2.05, 4.69) is 39.1 Å². The summed E-state index contributed by atoms with van der Waals surface area (Å²) < 4.78 is 5.50. The lowest BCUT2D eigenvalue weighted by Gasteiger charge is -2.32. The van der Waals surface area contributed by atoms with E-state index in [1.54, 1.807) is 23.1 Å². The number of fused-ring (bicyclic) bond motifs is 5. The lowest BCUT2D eigenvalue weighted by molar-refractivity contribution is -0.144.